The predicted molar refractivity (Wildman–Crippen MR) is 120 cm³/mol. The number of carboxylic acids is 1. The minimum atomic E-state index is -1.18. The van der Waals surface area contributed by atoms with E-state index in [1.54, 1.807) is 24.3 Å². The molecule has 0 aromatic heterocycles. The van der Waals surface area contributed by atoms with Gasteiger partial charge in [0.25, 0.3) is 0 Å². The van der Waals surface area contributed by atoms with Crippen molar-refractivity contribution in [3.05, 3.63) is 70.4 Å². The summed E-state index contributed by atoms with van der Waals surface area (Å²) in [7, 11) is 0. The molecule has 0 bridgehead atoms. The van der Waals surface area contributed by atoms with E-state index in [0.29, 0.717) is 39.1 Å². The van der Waals surface area contributed by atoms with Gasteiger partial charge in [0, 0.05) is 40.8 Å². The Bertz CT molecular complexity index is 1360. The monoisotopic (exact) mass is 435 g/mol. The highest BCUT2D eigenvalue weighted by Crippen LogP contribution is 2.42. The molecule has 4 rings (SSSR count). The van der Waals surface area contributed by atoms with E-state index >= 15 is 0 Å². The van der Waals surface area contributed by atoms with E-state index in [-0.39, 0.29) is 34.8 Å². The number of phenolic OH excluding ortho intramolecular Hbond substituents is 1. The zero-order valence-corrected chi connectivity index (χ0v) is 17.0. The highest BCUT2D eigenvalue weighted by atomic mass is 32.1. The molecule has 7 nitrogen and oxygen atoms in total. The van der Waals surface area contributed by atoms with Crippen LogP contribution in [0.15, 0.2) is 63.8 Å². The lowest BCUT2D eigenvalue weighted by Crippen LogP contribution is -2.12. The smallest absolute Gasteiger partial charge is 0.336 e. The van der Waals surface area contributed by atoms with Gasteiger partial charge in [-0.15, -0.1) is 0 Å². The molecule has 2 aromatic rings. The van der Waals surface area contributed by atoms with Crippen molar-refractivity contribution in [3.63, 3.8) is 0 Å². The van der Waals surface area contributed by atoms with Crippen molar-refractivity contribution >= 4 is 41.2 Å². The number of hydrogen-bond donors (Lipinski definition) is 4. The zero-order chi connectivity index (χ0) is 22.1. The molecule has 156 valence electrons. The molecule has 31 heavy (non-hydrogen) atoms. The van der Waals surface area contributed by atoms with Crippen molar-refractivity contribution in [3.8, 4) is 28.2 Å². The van der Waals surface area contributed by atoms with Gasteiger partial charge in [0.2, 0.25) is 5.91 Å². The van der Waals surface area contributed by atoms with Crippen LogP contribution in [0.5, 0.6) is 5.75 Å². The number of amides is 1. The molecule has 1 heterocycles. The van der Waals surface area contributed by atoms with Gasteiger partial charge in [-0.05, 0) is 47.7 Å². The Hall–Kier alpha value is -3.78. The number of carbonyl (C=O) groups is 2. The van der Waals surface area contributed by atoms with E-state index in [1.165, 1.54) is 30.3 Å². The number of carbonyl (C=O) groups excluding carboxylic acids is 1. The highest BCUT2D eigenvalue weighted by molar-refractivity contribution is 7.80. The molecule has 0 saturated carbocycles. The first-order valence-electron chi connectivity index (χ1n) is 9.35. The number of anilines is 1. The predicted octanol–water partition coefficient (Wildman–Crippen LogP) is 4.23. The second kappa shape index (κ2) is 8.16. The Morgan fingerprint density at radius 1 is 1.00 bits per heavy atom. The highest BCUT2D eigenvalue weighted by Gasteiger charge is 2.22. The number of fused-ring (bicyclic) bond motifs is 2. The van der Waals surface area contributed by atoms with Gasteiger partial charge in [-0.25, -0.2) is 4.79 Å². The van der Waals surface area contributed by atoms with Crippen molar-refractivity contribution < 1.29 is 24.2 Å². The van der Waals surface area contributed by atoms with E-state index in [0.717, 1.165) is 0 Å². The minimum absolute atomic E-state index is 0.0273. The molecule has 0 spiro atoms. The average Bonchev–Trinajstić information content (AvgIpc) is 2.72. The second-order valence-corrected chi connectivity index (χ2v) is 7.35. The molecule has 1 aliphatic heterocycles. The summed E-state index contributed by atoms with van der Waals surface area (Å²) in [6.45, 7) is 0. The molecule has 0 saturated heterocycles. The maximum atomic E-state index is 12.1. The van der Waals surface area contributed by atoms with Crippen LogP contribution in [0, 0.1) is 0 Å². The fourth-order valence-corrected chi connectivity index (χ4v) is 3.69. The van der Waals surface area contributed by atoms with Crippen LogP contribution < -0.4 is 10.7 Å². The Morgan fingerprint density at radius 2 is 1.77 bits per heavy atom. The fourth-order valence-electron chi connectivity index (χ4n) is 3.49. The number of aromatic carboxylic acids is 1. The Labute approximate surface area is 181 Å². The minimum Gasteiger partial charge on any atom is -0.508 e. The van der Waals surface area contributed by atoms with Gasteiger partial charge in [-0.1, -0.05) is 6.07 Å². The molecule has 2 aromatic carbocycles. The number of carboxylic acid groups (broad SMARTS) is 1. The average molecular weight is 435 g/mol. The van der Waals surface area contributed by atoms with Gasteiger partial charge < -0.3 is 19.9 Å². The molecule has 1 aliphatic carbocycles. The molecule has 0 unspecified atom stereocenters. The Kier molecular flexibility index (Phi) is 5.39. The van der Waals surface area contributed by atoms with Crippen LogP contribution in [0.25, 0.3) is 33.4 Å². The summed E-state index contributed by atoms with van der Waals surface area (Å²) >= 11 is 4.02. The summed E-state index contributed by atoms with van der Waals surface area (Å²) in [5, 5.41) is 23.0. The van der Waals surface area contributed by atoms with Gasteiger partial charge in [-0.3, -0.25) is 9.59 Å². The lowest BCUT2D eigenvalue weighted by Gasteiger charge is -2.17. The molecule has 3 N–H and O–H groups in total. The first-order chi connectivity index (χ1) is 14.9. The van der Waals surface area contributed by atoms with Crippen LogP contribution in [0.3, 0.4) is 0 Å². The van der Waals surface area contributed by atoms with Crippen molar-refractivity contribution in [2.45, 2.75) is 6.42 Å². The molecule has 8 heteroatoms. The topological polar surface area (TPSA) is 117 Å². The van der Waals surface area contributed by atoms with Crippen LogP contribution >= 0.6 is 12.6 Å². The van der Waals surface area contributed by atoms with Crippen LogP contribution in [0.1, 0.15) is 16.8 Å². The van der Waals surface area contributed by atoms with E-state index in [9.17, 15) is 24.6 Å². The number of hydrogen-bond acceptors (Lipinski definition) is 6. The Balaban J connectivity index is 2.00. The number of aromatic hydroxyl groups is 1. The van der Waals surface area contributed by atoms with Gasteiger partial charge in [0.1, 0.15) is 17.1 Å². The maximum absolute atomic E-state index is 12.1. The summed E-state index contributed by atoms with van der Waals surface area (Å²) < 4.78 is 5.80. The van der Waals surface area contributed by atoms with Crippen LogP contribution in [0.2, 0.25) is 0 Å². The lowest BCUT2D eigenvalue weighted by molar-refractivity contribution is -0.115. The summed E-state index contributed by atoms with van der Waals surface area (Å²) in [4.78, 5) is 35.9. The summed E-state index contributed by atoms with van der Waals surface area (Å²) in [5.41, 5.74) is 1.83. The van der Waals surface area contributed by atoms with Crippen molar-refractivity contribution in [1.82, 2.24) is 0 Å². The maximum Gasteiger partial charge on any atom is 0.336 e. The van der Waals surface area contributed by atoms with Gasteiger partial charge >= 0.3 is 5.97 Å². The van der Waals surface area contributed by atoms with Gasteiger partial charge in [0.05, 0.1) is 5.56 Å². The number of nitrogens with one attached hydrogen (secondary N) is 1. The first-order valence-corrected chi connectivity index (χ1v) is 9.98. The quantitative estimate of drug-likeness (QED) is 0.275. The third-order valence-corrected chi connectivity index (χ3v) is 5.04. The molecule has 1 amide bonds. The van der Waals surface area contributed by atoms with E-state index in [2.05, 4.69) is 17.9 Å². The summed E-state index contributed by atoms with van der Waals surface area (Å²) in [6.07, 6.45) is 0.198. The Morgan fingerprint density at radius 3 is 2.52 bits per heavy atom. The summed E-state index contributed by atoms with van der Waals surface area (Å²) in [5.74, 6) is -0.840. The molecule has 0 atom stereocenters. The molecule has 0 fully saturated rings. The van der Waals surface area contributed by atoms with Crippen molar-refractivity contribution in [2.24, 2.45) is 0 Å². The third kappa shape index (κ3) is 3.97. The van der Waals surface area contributed by atoms with Crippen LogP contribution in [-0.2, 0) is 4.79 Å². The fraction of sp³-hybridized carbons (Fsp3) is 0.0870. The van der Waals surface area contributed by atoms with E-state index in [1.807, 2.05) is 0 Å². The molecule has 0 radical (unpaired) electrons. The van der Waals surface area contributed by atoms with Gasteiger partial charge in [-0.2, -0.15) is 12.6 Å². The molecular formula is C23H17NO6S. The number of phenols is 1. The van der Waals surface area contributed by atoms with E-state index in [4.69, 9.17) is 4.42 Å². The SMILES string of the molecule is O=C(CCS)Nc1ccc(-c2c3ccc(=O)cc-3oc3cc(O)ccc23)c(C(=O)O)c1. The lowest BCUT2D eigenvalue weighted by atomic mass is 9.90. The molecular weight excluding hydrogens is 418 g/mol. The number of benzene rings is 3. The standard InChI is InChI=1S/C23H17NO6S/c25-13-2-5-16-19(10-13)30-20-11-14(26)3-6-17(20)22(16)15-4-1-12(9-18(15)23(28)29)24-21(27)7-8-31/h1-6,9-11,25,31H,7-8H2,(H,24,27)(H,28,29). The van der Waals surface area contributed by atoms with E-state index < -0.39 is 5.97 Å². The van der Waals surface area contributed by atoms with Crippen molar-refractivity contribution in [1.29, 1.82) is 0 Å². The van der Waals surface area contributed by atoms with Crippen LogP contribution in [-0.4, -0.2) is 27.8 Å². The van der Waals surface area contributed by atoms with Crippen molar-refractivity contribution in [2.75, 3.05) is 11.1 Å². The van der Waals surface area contributed by atoms with Gasteiger partial charge in [0.15, 0.2) is 5.43 Å². The normalized spacial score (nSPS) is 11.0. The zero-order valence-electron chi connectivity index (χ0n) is 16.1. The summed E-state index contributed by atoms with van der Waals surface area (Å²) in [6, 6.07) is 13.4. The number of rotatable bonds is 5. The first kappa shape index (κ1) is 20.5. The largest absolute Gasteiger partial charge is 0.508 e. The molecule has 2 aliphatic rings. The number of thiol groups is 1. The third-order valence-electron chi connectivity index (χ3n) is 4.82. The second-order valence-electron chi connectivity index (χ2n) is 6.90. The van der Waals surface area contributed by atoms with Crippen LogP contribution in [0.4, 0.5) is 5.69 Å².